The summed E-state index contributed by atoms with van der Waals surface area (Å²) in [6, 6.07) is 4.79. The number of rotatable bonds is 4. The van der Waals surface area contributed by atoms with E-state index < -0.39 is 6.17 Å². The molecule has 0 radical (unpaired) electrons. The van der Waals surface area contributed by atoms with Gasteiger partial charge in [-0.2, -0.15) is 0 Å². The maximum Gasteiger partial charge on any atom is 0.315 e. The lowest BCUT2D eigenvalue weighted by Gasteiger charge is -2.12. The van der Waals surface area contributed by atoms with E-state index in [4.69, 9.17) is 23.2 Å². The van der Waals surface area contributed by atoms with Gasteiger partial charge in [0.15, 0.2) is 0 Å². The zero-order chi connectivity index (χ0) is 14.5. The SMILES string of the molecule is O=C(NCc1ccc(Cl)cc1Cl)NCC1CC(F)CN1. The first-order valence-electron chi connectivity index (χ1n) is 6.37. The van der Waals surface area contributed by atoms with E-state index in [2.05, 4.69) is 16.0 Å². The number of carbonyl (C=O) groups excluding carboxylic acids is 1. The first-order valence-corrected chi connectivity index (χ1v) is 7.13. The van der Waals surface area contributed by atoms with Gasteiger partial charge < -0.3 is 16.0 Å². The fourth-order valence-electron chi connectivity index (χ4n) is 2.04. The molecule has 1 fully saturated rings. The fourth-order valence-corrected chi connectivity index (χ4v) is 2.52. The second-order valence-corrected chi connectivity index (χ2v) is 5.58. The summed E-state index contributed by atoms with van der Waals surface area (Å²) in [4.78, 5) is 11.6. The van der Waals surface area contributed by atoms with Crippen molar-refractivity contribution in [3.8, 4) is 0 Å². The zero-order valence-corrected chi connectivity index (χ0v) is 12.3. The van der Waals surface area contributed by atoms with Crippen molar-refractivity contribution in [2.45, 2.75) is 25.2 Å². The zero-order valence-electron chi connectivity index (χ0n) is 10.8. The van der Waals surface area contributed by atoms with Crippen LogP contribution in [-0.2, 0) is 6.54 Å². The molecule has 4 nitrogen and oxygen atoms in total. The summed E-state index contributed by atoms with van der Waals surface area (Å²) >= 11 is 11.8. The highest BCUT2D eigenvalue weighted by Crippen LogP contribution is 2.20. The summed E-state index contributed by atoms with van der Waals surface area (Å²) in [5.74, 6) is 0. The van der Waals surface area contributed by atoms with Crippen LogP contribution in [0.2, 0.25) is 10.0 Å². The number of hydrogen-bond donors (Lipinski definition) is 3. The van der Waals surface area contributed by atoms with Crippen molar-refractivity contribution in [3.63, 3.8) is 0 Å². The Bertz CT molecular complexity index is 487. The van der Waals surface area contributed by atoms with Crippen molar-refractivity contribution < 1.29 is 9.18 Å². The molecule has 1 aromatic carbocycles. The standard InChI is InChI=1S/C13H16Cl2FN3O/c14-9-2-1-8(12(15)3-9)5-18-13(20)19-7-11-4-10(16)6-17-11/h1-3,10-11,17H,4-7H2,(H2,18,19,20). The Hall–Kier alpha value is -1.04. The lowest BCUT2D eigenvalue weighted by Crippen LogP contribution is -2.42. The lowest BCUT2D eigenvalue weighted by atomic mass is 10.2. The minimum absolute atomic E-state index is 0.00475. The largest absolute Gasteiger partial charge is 0.337 e. The predicted molar refractivity (Wildman–Crippen MR) is 78.0 cm³/mol. The van der Waals surface area contributed by atoms with Crippen LogP contribution >= 0.6 is 23.2 Å². The molecule has 20 heavy (non-hydrogen) atoms. The van der Waals surface area contributed by atoms with Crippen molar-refractivity contribution in [1.82, 2.24) is 16.0 Å². The maximum absolute atomic E-state index is 12.9. The quantitative estimate of drug-likeness (QED) is 0.798. The number of alkyl halides is 1. The number of benzene rings is 1. The molecule has 3 N–H and O–H groups in total. The van der Waals surface area contributed by atoms with E-state index >= 15 is 0 Å². The van der Waals surface area contributed by atoms with Crippen LogP contribution in [0.15, 0.2) is 18.2 Å². The van der Waals surface area contributed by atoms with Gasteiger partial charge in [-0.15, -0.1) is 0 Å². The van der Waals surface area contributed by atoms with Crippen LogP contribution in [-0.4, -0.2) is 31.3 Å². The van der Waals surface area contributed by atoms with Gasteiger partial charge >= 0.3 is 6.03 Å². The summed E-state index contributed by atoms with van der Waals surface area (Å²) in [6.45, 7) is 1.07. The molecule has 2 rings (SSSR count). The van der Waals surface area contributed by atoms with Gasteiger partial charge in [0.25, 0.3) is 0 Å². The average molecular weight is 320 g/mol. The van der Waals surface area contributed by atoms with Gasteiger partial charge in [0, 0.05) is 35.7 Å². The Morgan fingerprint density at radius 2 is 2.20 bits per heavy atom. The van der Waals surface area contributed by atoms with Crippen molar-refractivity contribution in [3.05, 3.63) is 33.8 Å². The summed E-state index contributed by atoms with van der Waals surface area (Å²) in [5, 5.41) is 9.45. The highest BCUT2D eigenvalue weighted by molar-refractivity contribution is 6.35. The molecule has 0 saturated carbocycles. The van der Waals surface area contributed by atoms with E-state index in [9.17, 15) is 9.18 Å². The Morgan fingerprint density at radius 3 is 2.85 bits per heavy atom. The van der Waals surface area contributed by atoms with Crippen LogP contribution in [0.3, 0.4) is 0 Å². The van der Waals surface area contributed by atoms with E-state index in [0.29, 0.717) is 36.1 Å². The number of carbonyl (C=O) groups is 1. The highest BCUT2D eigenvalue weighted by atomic mass is 35.5. The van der Waals surface area contributed by atoms with E-state index in [1.54, 1.807) is 18.2 Å². The van der Waals surface area contributed by atoms with Gasteiger partial charge in [0.05, 0.1) is 0 Å². The van der Waals surface area contributed by atoms with E-state index in [1.807, 2.05) is 0 Å². The Balaban J connectivity index is 1.72. The molecule has 0 aromatic heterocycles. The third kappa shape index (κ3) is 4.51. The number of hydrogen-bond acceptors (Lipinski definition) is 2. The van der Waals surface area contributed by atoms with E-state index in [1.165, 1.54) is 0 Å². The number of nitrogens with one attached hydrogen (secondary N) is 3. The van der Waals surface area contributed by atoms with Gasteiger partial charge in [0.1, 0.15) is 6.17 Å². The summed E-state index contributed by atoms with van der Waals surface area (Å²) in [7, 11) is 0. The van der Waals surface area contributed by atoms with Crippen molar-refractivity contribution in [1.29, 1.82) is 0 Å². The molecule has 1 heterocycles. The van der Waals surface area contributed by atoms with Crippen LogP contribution < -0.4 is 16.0 Å². The van der Waals surface area contributed by atoms with Crippen molar-refractivity contribution >= 4 is 29.2 Å². The first kappa shape index (κ1) is 15.4. The maximum atomic E-state index is 12.9. The molecule has 7 heteroatoms. The molecule has 0 aliphatic carbocycles. The molecule has 1 saturated heterocycles. The molecule has 0 bridgehead atoms. The van der Waals surface area contributed by atoms with Crippen molar-refractivity contribution in [2.24, 2.45) is 0 Å². The van der Waals surface area contributed by atoms with Crippen LogP contribution in [0.5, 0.6) is 0 Å². The lowest BCUT2D eigenvalue weighted by molar-refractivity contribution is 0.239. The number of amides is 2. The third-order valence-corrected chi connectivity index (χ3v) is 3.72. The monoisotopic (exact) mass is 319 g/mol. The molecule has 2 unspecified atom stereocenters. The summed E-state index contributed by atoms with van der Waals surface area (Å²) < 4.78 is 12.9. The highest BCUT2D eigenvalue weighted by Gasteiger charge is 2.23. The molecule has 1 aliphatic rings. The van der Waals surface area contributed by atoms with Crippen LogP contribution in [0.25, 0.3) is 0 Å². The number of halogens is 3. The predicted octanol–water partition coefficient (Wildman–Crippen LogP) is 2.49. The minimum atomic E-state index is -0.822. The third-order valence-electron chi connectivity index (χ3n) is 3.13. The average Bonchev–Trinajstić information content (AvgIpc) is 2.81. The molecule has 2 amide bonds. The summed E-state index contributed by atoms with van der Waals surface area (Å²) in [5.41, 5.74) is 0.786. The molecule has 0 spiro atoms. The Labute approximate surface area is 127 Å². The Morgan fingerprint density at radius 1 is 1.40 bits per heavy atom. The molecule has 1 aromatic rings. The second kappa shape index (κ2) is 7.11. The minimum Gasteiger partial charge on any atom is -0.337 e. The number of urea groups is 1. The molecule has 110 valence electrons. The molecule has 2 atom stereocenters. The van der Waals surface area contributed by atoms with E-state index in [0.717, 1.165) is 5.56 Å². The van der Waals surface area contributed by atoms with Gasteiger partial charge in [-0.05, 0) is 24.1 Å². The smallest absolute Gasteiger partial charge is 0.315 e. The first-order chi connectivity index (χ1) is 9.54. The molecular weight excluding hydrogens is 304 g/mol. The van der Waals surface area contributed by atoms with Gasteiger partial charge in [-0.3, -0.25) is 0 Å². The van der Waals surface area contributed by atoms with Crippen LogP contribution in [0.4, 0.5) is 9.18 Å². The molecular formula is C13H16Cl2FN3O. The van der Waals surface area contributed by atoms with E-state index in [-0.39, 0.29) is 12.1 Å². The fraction of sp³-hybridized carbons (Fsp3) is 0.462. The van der Waals surface area contributed by atoms with Crippen LogP contribution in [0, 0.1) is 0 Å². The van der Waals surface area contributed by atoms with Gasteiger partial charge in [-0.25, -0.2) is 9.18 Å². The Kier molecular flexibility index (Phi) is 5.46. The summed E-state index contributed by atoms with van der Waals surface area (Å²) in [6.07, 6.45) is -0.388. The van der Waals surface area contributed by atoms with Gasteiger partial charge in [-0.1, -0.05) is 29.3 Å². The normalized spacial score (nSPS) is 21.8. The molecule has 1 aliphatic heterocycles. The topological polar surface area (TPSA) is 53.2 Å². The second-order valence-electron chi connectivity index (χ2n) is 4.74. The van der Waals surface area contributed by atoms with Gasteiger partial charge in [0.2, 0.25) is 0 Å². The van der Waals surface area contributed by atoms with Crippen LogP contribution in [0.1, 0.15) is 12.0 Å². The van der Waals surface area contributed by atoms with Crippen molar-refractivity contribution in [2.75, 3.05) is 13.1 Å².